The van der Waals surface area contributed by atoms with Crippen LogP contribution in [0.1, 0.15) is 13.8 Å². The molecule has 0 aliphatic rings. The molecule has 1 aromatic rings. The van der Waals surface area contributed by atoms with Crippen molar-refractivity contribution in [3.63, 3.8) is 0 Å². The second-order valence-corrected chi connectivity index (χ2v) is 5.88. The van der Waals surface area contributed by atoms with E-state index in [-0.39, 0.29) is 0 Å². The van der Waals surface area contributed by atoms with Gasteiger partial charge in [0.25, 0.3) is 0 Å². The molecule has 0 bridgehead atoms. The fourth-order valence-corrected chi connectivity index (χ4v) is 2.59. The number of hydrogen-bond acceptors (Lipinski definition) is 3. The maximum Gasteiger partial charge on any atom is 0.0870 e. The van der Waals surface area contributed by atoms with Crippen molar-refractivity contribution in [3.8, 4) is 0 Å². The molecule has 0 heterocycles. The van der Waals surface area contributed by atoms with E-state index in [2.05, 4.69) is 43.0 Å². The van der Waals surface area contributed by atoms with E-state index in [1.54, 1.807) is 0 Å². The van der Waals surface area contributed by atoms with Crippen LogP contribution in [0.5, 0.6) is 0 Å². The quantitative estimate of drug-likeness (QED) is 0.608. The summed E-state index contributed by atoms with van der Waals surface area (Å²) in [4.78, 5) is 4.19. The average Bonchev–Trinajstić information content (AvgIpc) is 2.28. The normalized spacial score (nSPS) is 11.1. The van der Waals surface area contributed by atoms with E-state index < -0.39 is 0 Å². The van der Waals surface area contributed by atoms with E-state index in [4.69, 9.17) is 18.0 Å². The van der Waals surface area contributed by atoms with E-state index in [0.29, 0.717) is 17.6 Å². The molecule has 2 N–H and O–H groups in total. The minimum absolute atomic E-state index is 0.480. The van der Waals surface area contributed by atoms with Crippen LogP contribution in [-0.4, -0.2) is 34.8 Å². The molecule has 1 rings (SSSR count). The molecule has 0 fully saturated rings. The number of thiocarbonyl (C=S) groups is 1. The second-order valence-electron chi connectivity index (χ2n) is 4.19. The Morgan fingerprint density at radius 2 is 2.00 bits per heavy atom. The Morgan fingerprint density at radius 1 is 1.35 bits per heavy atom. The van der Waals surface area contributed by atoms with Crippen molar-refractivity contribution in [2.24, 2.45) is 5.73 Å². The summed E-state index contributed by atoms with van der Waals surface area (Å²) in [5.74, 6) is 1.06. The Kier molecular flexibility index (Phi) is 6.55. The minimum atomic E-state index is 0.480. The molecule has 0 aromatic heterocycles. The van der Waals surface area contributed by atoms with Crippen LogP contribution in [0.2, 0.25) is 0 Å². The molecule has 2 nitrogen and oxygen atoms in total. The summed E-state index contributed by atoms with van der Waals surface area (Å²) in [5, 5.41) is 0. The largest absolute Gasteiger partial charge is 0.392 e. The molecule has 17 heavy (non-hydrogen) atoms. The first-order chi connectivity index (χ1) is 8.09. The molecule has 0 saturated carbocycles. The molecule has 94 valence electrons. The Balaban J connectivity index is 2.35. The van der Waals surface area contributed by atoms with Crippen molar-refractivity contribution in [3.05, 3.63) is 30.3 Å². The topological polar surface area (TPSA) is 29.3 Å². The summed E-state index contributed by atoms with van der Waals surface area (Å²) >= 11 is 6.83. The number of thioether (sulfide) groups is 1. The van der Waals surface area contributed by atoms with Gasteiger partial charge in [0.05, 0.1) is 4.99 Å². The van der Waals surface area contributed by atoms with Crippen molar-refractivity contribution in [1.29, 1.82) is 0 Å². The van der Waals surface area contributed by atoms with Gasteiger partial charge in [-0.05, 0) is 26.0 Å². The summed E-state index contributed by atoms with van der Waals surface area (Å²) in [6.45, 7) is 6.06. The maximum absolute atomic E-state index is 5.60. The molecule has 0 aliphatic heterocycles. The minimum Gasteiger partial charge on any atom is -0.392 e. The first-order valence-corrected chi connectivity index (χ1v) is 7.19. The summed E-state index contributed by atoms with van der Waals surface area (Å²) in [7, 11) is 0. The highest BCUT2D eigenvalue weighted by Crippen LogP contribution is 2.17. The molecule has 0 atom stereocenters. The highest BCUT2D eigenvalue weighted by molar-refractivity contribution is 7.99. The van der Waals surface area contributed by atoms with Gasteiger partial charge in [0.15, 0.2) is 0 Å². The van der Waals surface area contributed by atoms with Crippen molar-refractivity contribution < 1.29 is 0 Å². The van der Waals surface area contributed by atoms with Crippen molar-refractivity contribution in [2.75, 3.05) is 18.8 Å². The molecule has 4 heteroatoms. The molecule has 0 unspecified atom stereocenters. The van der Waals surface area contributed by atoms with Gasteiger partial charge in [-0.1, -0.05) is 30.4 Å². The van der Waals surface area contributed by atoms with Crippen LogP contribution >= 0.6 is 24.0 Å². The fraction of sp³-hybridized carbons (Fsp3) is 0.462. The zero-order valence-electron chi connectivity index (χ0n) is 10.4. The lowest BCUT2D eigenvalue weighted by Gasteiger charge is -2.25. The van der Waals surface area contributed by atoms with Gasteiger partial charge in [0.2, 0.25) is 0 Å². The second kappa shape index (κ2) is 7.69. The summed E-state index contributed by atoms with van der Waals surface area (Å²) in [6, 6.07) is 10.9. The van der Waals surface area contributed by atoms with Crippen molar-refractivity contribution >= 4 is 29.0 Å². The summed E-state index contributed by atoms with van der Waals surface area (Å²) < 4.78 is 0. The Bertz CT molecular complexity index is 339. The van der Waals surface area contributed by atoms with Crippen LogP contribution in [0.25, 0.3) is 0 Å². The van der Waals surface area contributed by atoms with Crippen LogP contribution in [0.4, 0.5) is 0 Å². The monoisotopic (exact) mass is 268 g/mol. The zero-order valence-corrected chi connectivity index (χ0v) is 12.1. The van der Waals surface area contributed by atoms with Crippen LogP contribution in [0.3, 0.4) is 0 Å². The van der Waals surface area contributed by atoms with E-state index in [1.165, 1.54) is 4.90 Å². The predicted octanol–water partition coefficient (Wildman–Crippen LogP) is 2.78. The highest BCUT2D eigenvalue weighted by Gasteiger charge is 2.09. The third-order valence-electron chi connectivity index (χ3n) is 2.48. The lowest BCUT2D eigenvalue weighted by Crippen LogP contribution is -2.39. The molecule has 0 radical (unpaired) electrons. The highest BCUT2D eigenvalue weighted by atomic mass is 32.2. The van der Waals surface area contributed by atoms with E-state index in [9.17, 15) is 0 Å². The van der Waals surface area contributed by atoms with Gasteiger partial charge in [-0.15, -0.1) is 11.8 Å². The first kappa shape index (κ1) is 14.5. The third kappa shape index (κ3) is 6.05. The van der Waals surface area contributed by atoms with Crippen LogP contribution < -0.4 is 5.73 Å². The predicted molar refractivity (Wildman–Crippen MR) is 80.7 cm³/mol. The van der Waals surface area contributed by atoms with Gasteiger partial charge >= 0.3 is 0 Å². The number of benzene rings is 1. The van der Waals surface area contributed by atoms with Gasteiger partial charge in [-0.25, -0.2) is 0 Å². The van der Waals surface area contributed by atoms with Crippen molar-refractivity contribution in [2.45, 2.75) is 24.8 Å². The first-order valence-electron chi connectivity index (χ1n) is 5.80. The maximum atomic E-state index is 5.60. The van der Waals surface area contributed by atoms with E-state index in [0.717, 1.165) is 12.3 Å². The summed E-state index contributed by atoms with van der Waals surface area (Å²) in [6.07, 6.45) is 0. The lowest BCUT2D eigenvalue weighted by molar-refractivity contribution is 0.270. The van der Waals surface area contributed by atoms with Gasteiger partial charge in [-0.3, -0.25) is 4.90 Å². The van der Waals surface area contributed by atoms with Gasteiger partial charge < -0.3 is 5.73 Å². The smallest absolute Gasteiger partial charge is 0.0870 e. The van der Waals surface area contributed by atoms with Crippen molar-refractivity contribution in [1.82, 2.24) is 4.90 Å². The number of hydrogen-bond donors (Lipinski definition) is 1. The fourth-order valence-electron chi connectivity index (χ4n) is 1.52. The number of rotatable bonds is 7. The molecule has 0 amide bonds. The van der Waals surface area contributed by atoms with Gasteiger partial charge in [0, 0.05) is 29.8 Å². The molecular weight excluding hydrogens is 248 g/mol. The Labute approximate surface area is 114 Å². The molecule has 1 aromatic carbocycles. The number of nitrogens with zero attached hydrogens (tertiary/aromatic N) is 1. The summed E-state index contributed by atoms with van der Waals surface area (Å²) in [5.41, 5.74) is 5.60. The molecular formula is C13H20N2S2. The average molecular weight is 268 g/mol. The molecule has 0 aliphatic carbocycles. The number of nitrogens with two attached hydrogens (primary N) is 1. The Hall–Kier alpha value is -0.580. The van der Waals surface area contributed by atoms with Gasteiger partial charge in [-0.2, -0.15) is 0 Å². The van der Waals surface area contributed by atoms with Crippen LogP contribution in [-0.2, 0) is 0 Å². The molecule has 0 saturated heterocycles. The van der Waals surface area contributed by atoms with E-state index in [1.807, 2.05) is 17.8 Å². The van der Waals surface area contributed by atoms with Gasteiger partial charge in [0.1, 0.15) is 0 Å². The third-order valence-corrected chi connectivity index (χ3v) is 3.60. The standard InChI is InChI=1S/C13H20N2S2/c1-11(2)15(10-13(14)16)8-9-17-12-6-4-3-5-7-12/h3-7,11H,8-10H2,1-2H3,(H2,14,16). The lowest BCUT2D eigenvalue weighted by atomic mass is 10.3. The Morgan fingerprint density at radius 3 is 2.53 bits per heavy atom. The molecule has 0 spiro atoms. The van der Waals surface area contributed by atoms with E-state index >= 15 is 0 Å². The SMILES string of the molecule is CC(C)N(CCSc1ccccc1)CC(N)=S. The zero-order chi connectivity index (χ0) is 12.7. The van der Waals surface area contributed by atoms with Crippen LogP contribution in [0.15, 0.2) is 35.2 Å². The van der Waals surface area contributed by atoms with Crippen LogP contribution in [0, 0.1) is 0 Å².